The average Bonchev–Trinajstić information content (AvgIpc) is 3.00. The number of aliphatic hydroxyl groups is 1. The van der Waals surface area contributed by atoms with Gasteiger partial charge in [-0.2, -0.15) is 0 Å². The lowest BCUT2D eigenvalue weighted by atomic mass is 9.99. The molecule has 0 spiro atoms. The Hall–Kier alpha value is -5.13. The second-order valence-corrected chi connectivity index (χ2v) is 11.4. The zero-order valence-corrected chi connectivity index (χ0v) is 25.1. The summed E-state index contributed by atoms with van der Waals surface area (Å²) in [6.45, 7) is 4.59. The molecule has 0 saturated heterocycles. The van der Waals surface area contributed by atoms with E-state index < -0.39 is 42.2 Å². The molecule has 0 aromatic heterocycles. The van der Waals surface area contributed by atoms with Crippen LogP contribution in [0.4, 0.5) is 10.5 Å². The van der Waals surface area contributed by atoms with Gasteiger partial charge < -0.3 is 25.4 Å². The Kier molecular flexibility index (Phi) is 10.4. The van der Waals surface area contributed by atoms with Crippen LogP contribution in [0.3, 0.4) is 0 Å². The molecule has 4 aromatic carbocycles. The maximum atomic E-state index is 14.3. The second-order valence-electron chi connectivity index (χ2n) is 11.4. The third-order valence-corrected chi connectivity index (χ3v) is 6.87. The normalized spacial score (nSPS) is 12.4. The summed E-state index contributed by atoms with van der Waals surface area (Å²) in [5.41, 5.74) is 1.64. The van der Waals surface area contributed by atoms with Crippen LogP contribution >= 0.6 is 0 Å². The van der Waals surface area contributed by atoms with Crippen molar-refractivity contribution in [3.63, 3.8) is 0 Å². The molecule has 8 nitrogen and oxygen atoms in total. The molecule has 2 atom stereocenters. The lowest BCUT2D eigenvalue weighted by Gasteiger charge is -2.34. The summed E-state index contributed by atoms with van der Waals surface area (Å²) in [4.78, 5) is 42.6. The standard InChI is InChI=1S/C36H37N3O5/c1-5-25-15-17-28(18-16-25)32(33(41)37-30-20-19-27-13-9-10-14-29(27)24-30)39(21-22-40)34(42)31(23-26-11-7-6-8-12-26)38-35(43)44-36(2,3)4/h1,6-20,24,31-32,40H,21-23H2,2-4H3,(H,37,41)(H,38,43). The molecule has 0 aliphatic heterocycles. The van der Waals surface area contributed by atoms with Crippen LogP contribution < -0.4 is 10.6 Å². The first-order chi connectivity index (χ1) is 21.1. The van der Waals surface area contributed by atoms with Gasteiger partial charge in [0, 0.05) is 24.2 Å². The molecule has 0 saturated carbocycles. The molecule has 8 heteroatoms. The van der Waals surface area contributed by atoms with E-state index in [9.17, 15) is 19.5 Å². The monoisotopic (exact) mass is 591 g/mol. The van der Waals surface area contributed by atoms with E-state index >= 15 is 0 Å². The van der Waals surface area contributed by atoms with Crippen LogP contribution in [0.25, 0.3) is 10.8 Å². The lowest BCUT2D eigenvalue weighted by Crippen LogP contribution is -2.53. The first-order valence-corrected chi connectivity index (χ1v) is 14.4. The molecule has 0 heterocycles. The van der Waals surface area contributed by atoms with Crippen molar-refractivity contribution in [2.75, 3.05) is 18.5 Å². The van der Waals surface area contributed by atoms with Crippen molar-refractivity contribution in [1.29, 1.82) is 0 Å². The van der Waals surface area contributed by atoms with Gasteiger partial charge >= 0.3 is 6.09 Å². The number of fused-ring (bicyclic) bond motifs is 1. The summed E-state index contributed by atoms with van der Waals surface area (Å²) in [6.07, 6.45) is 4.93. The molecule has 4 aromatic rings. The quantitative estimate of drug-likeness (QED) is 0.212. The van der Waals surface area contributed by atoms with E-state index in [2.05, 4.69) is 16.6 Å². The van der Waals surface area contributed by atoms with Gasteiger partial charge in [-0.25, -0.2) is 4.79 Å². The molecule has 226 valence electrons. The maximum Gasteiger partial charge on any atom is 0.408 e. The predicted octanol–water partition coefficient (Wildman–Crippen LogP) is 5.46. The summed E-state index contributed by atoms with van der Waals surface area (Å²) < 4.78 is 5.46. The summed E-state index contributed by atoms with van der Waals surface area (Å²) in [5.74, 6) is 1.50. The lowest BCUT2D eigenvalue weighted by molar-refractivity contribution is -0.141. The summed E-state index contributed by atoms with van der Waals surface area (Å²) >= 11 is 0. The van der Waals surface area contributed by atoms with Crippen molar-refractivity contribution < 1.29 is 24.2 Å². The summed E-state index contributed by atoms with van der Waals surface area (Å²) in [7, 11) is 0. The fourth-order valence-corrected chi connectivity index (χ4v) is 4.89. The van der Waals surface area contributed by atoms with Gasteiger partial charge in [-0.3, -0.25) is 9.59 Å². The predicted molar refractivity (Wildman–Crippen MR) is 172 cm³/mol. The number of alkyl carbamates (subject to hydrolysis) is 1. The first-order valence-electron chi connectivity index (χ1n) is 14.4. The number of anilines is 1. The van der Waals surface area contributed by atoms with Crippen LogP contribution in [0, 0.1) is 12.3 Å². The maximum absolute atomic E-state index is 14.3. The Morgan fingerprint density at radius 3 is 2.20 bits per heavy atom. The van der Waals surface area contributed by atoms with Crippen LogP contribution in [0.5, 0.6) is 0 Å². The van der Waals surface area contributed by atoms with Crippen LogP contribution in [0.2, 0.25) is 0 Å². The van der Waals surface area contributed by atoms with Crippen molar-refractivity contribution in [3.8, 4) is 12.3 Å². The van der Waals surface area contributed by atoms with Gasteiger partial charge in [-0.1, -0.05) is 78.7 Å². The Bertz CT molecular complexity index is 1640. The zero-order chi connectivity index (χ0) is 31.7. The number of nitrogens with one attached hydrogen (secondary N) is 2. The molecule has 4 rings (SSSR count). The van der Waals surface area contributed by atoms with Crippen molar-refractivity contribution in [2.24, 2.45) is 0 Å². The number of benzene rings is 4. The second kappa shape index (κ2) is 14.4. The molecule has 44 heavy (non-hydrogen) atoms. The summed E-state index contributed by atoms with van der Waals surface area (Å²) in [5, 5.41) is 17.7. The number of rotatable bonds is 10. The van der Waals surface area contributed by atoms with E-state index in [1.807, 2.05) is 66.7 Å². The fourth-order valence-electron chi connectivity index (χ4n) is 4.89. The van der Waals surface area contributed by atoms with Crippen molar-refractivity contribution in [2.45, 2.75) is 44.9 Å². The summed E-state index contributed by atoms with van der Waals surface area (Å²) in [6, 6.07) is 27.0. The van der Waals surface area contributed by atoms with Crippen LogP contribution in [-0.4, -0.2) is 52.7 Å². The number of terminal acetylenes is 1. The largest absolute Gasteiger partial charge is 0.444 e. The number of carbonyl (C=O) groups excluding carboxylic acids is 3. The van der Waals surface area contributed by atoms with Crippen LogP contribution in [-0.2, 0) is 20.7 Å². The van der Waals surface area contributed by atoms with Crippen molar-refractivity contribution in [1.82, 2.24) is 10.2 Å². The number of nitrogens with zero attached hydrogens (tertiary/aromatic N) is 1. The Labute approximate surface area is 258 Å². The van der Waals surface area contributed by atoms with Gasteiger partial charge in [0.15, 0.2) is 0 Å². The van der Waals surface area contributed by atoms with E-state index in [-0.39, 0.29) is 13.0 Å². The van der Waals surface area contributed by atoms with Crippen molar-refractivity contribution >= 4 is 34.4 Å². The topological polar surface area (TPSA) is 108 Å². The highest BCUT2D eigenvalue weighted by Gasteiger charge is 2.36. The van der Waals surface area contributed by atoms with Gasteiger partial charge in [0.25, 0.3) is 5.91 Å². The molecular formula is C36H37N3O5. The van der Waals surface area contributed by atoms with Gasteiger partial charge in [-0.05, 0) is 66.9 Å². The number of aliphatic hydroxyl groups excluding tert-OH is 1. The third-order valence-electron chi connectivity index (χ3n) is 6.87. The smallest absolute Gasteiger partial charge is 0.408 e. The van der Waals surface area contributed by atoms with E-state index in [4.69, 9.17) is 11.2 Å². The highest BCUT2D eigenvalue weighted by atomic mass is 16.6. The number of hydrogen-bond acceptors (Lipinski definition) is 5. The van der Waals surface area contributed by atoms with E-state index in [1.54, 1.807) is 51.1 Å². The highest BCUT2D eigenvalue weighted by molar-refractivity contribution is 6.00. The fraction of sp³-hybridized carbons (Fsp3) is 0.250. The molecule has 0 fully saturated rings. The van der Waals surface area contributed by atoms with Gasteiger partial charge in [0.1, 0.15) is 17.7 Å². The Balaban J connectivity index is 1.73. The third kappa shape index (κ3) is 8.46. The number of ether oxygens (including phenoxy) is 1. The van der Waals surface area contributed by atoms with E-state index in [1.165, 1.54) is 4.90 Å². The molecule has 0 aliphatic rings. The Morgan fingerprint density at radius 2 is 1.57 bits per heavy atom. The molecule has 0 bridgehead atoms. The highest BCUT2D eigenvalue weighted by Crippen LogP contribution is 2.27. The average molecular weight is 592 g/mol. The first kappa shape index (κ1) is 31.8. The van der Waals surface area contributed by atoms with E-state index in [0.717, 1.165) is 16.3 Å². The van der Waals surface area contributed by atoms with Crippen LogP contribution in [0.15, 0.2) is 97.1 Å². The SMILES string of the molecule is C#Cc1ccc(C(C(=O)Nc2ccc3ccccc3c2)N(CCO)C(=O)C(Cc2ccccc2)NC(=O)OC(C)(C)C)cc1. The molecule has 0 radical (unpaired) electrons. The molecule has 3 N–H and O–H groups in total. The Morgan fingerprint density at radius 1 is 0.909 bits per heavy atom. The molecular weight excluding hydrogens is 554 g/mol. The van der Waals surface area contributed by atoms with Gasteiger partial charge in [-0.15, -0.1) is 6.42 Å². The number of carbonyl (C=O) groups is 3. The van der Waals surface area contributed by atoms with E-state index in [0.29, 0.717) is 16.8 Å². The minimum atomic E-state index is -1.16. The minimum absolute atomic E-state index is 0.135. The molecule has 3 amide bonds. The minimum Gasteiger partial charge on any atom is -0.444 e. The van der Waals surface area contributed by atoms with Gasteiger partial charge in [0.05, 0.1) is 6.61 Å². The zero-order valence-electron chi connectivity index (χ0n) is 25.1. The number of hydrogen-bond donors (Lipinski definition) is 3. The van der Waals surface area contributed by atoms with Gasteiger partial charge in [0.2, 0.25) is 5.91 Å². The van der Waals surface area contributed by atoms with Crippen LogP contribution in [0.1, 0.15) is 43.5 Å². The number of amides is 3. The van der Waals surface area contributed by atoms with Crippen molar-refractivity contribution in [3.05, 3.63) is 114 Å². The molecule has 0 aliphatic carbocycles. The molecule has 2 unspecified atom stereocenters.